The summed E-state index contributed by atoms with van der Waals surface area (Å²) in [7, 11) is 0. The van der Waals surface area contributed by atoms with Gasteiger partial charge >= 0.3 is 0 Å². The zero-order valence-corrected chi connectivity index (χ0v) is 15.4. The van der Waals surface area contributed by atoms with Gasteiger partial charge in [0.15, 0.2) is 0 Å². The van der Waals surface area contributed by atoms with E-state index in [1.54, 1.807) is 6.07 Å². The van der Waals surface area contributed by atoms with Crippen LogP contribution in [-0.2, 0) is 17.8 Å². The summed E-state index contributed by atoms with van der Waals surface area (Å²) in [5, 5.41) is 7.38. The summed E-state index contributed by atoms with van der Waals surface area (Å²) in [4.78, 5) is 24.3. The van der Waals surface area contributed by atoms with Gasteiger partial charge in [-0.25, -0.2) is 4.68 Å². The predicted octanol–water partition coefficient (Wildman–Crippen LogP) is 3.89. The molecule has 1 amide bonds. The highest BCUT2D eigenvalue weighted by Gasteiger charge is 2.07. The lowest BCUT2D eigenvalue weighted by atomic mass is 10.1. The van der Waals surface area contributed by atoms with Crippen LogP contribution < -0.4 is 10.9 Å². The highest BCUT2D eigenvalue weighted by molar-refractivity contribution is 5.91. The molecule has 1 aromatic heterocycles. The van der Waals surface area contributed by atoms with Gasteiger partial charge in [0.2, 0.25) is 5.91 Å². The minimum absolute atomic E-state index is 0.0526. The van der Waals surface area contributed by atoms with Crippen molar-refractivity contribution in [2.45, 2.75) is 32.7 Å². The number of amides is 1. The SMILES string of the molecule is CCc1ccccc1NC(=O)CCCn1nc(-c2ccccc2)ccc1=O. The number of anilines is 1. The molecule has 0 aliphatic heterocycles. The van der Waals surface area contributed by atoms with Gasteiger partial charge in [-0.05, 0) is 30.5 Å². The van der Waals surface area contributed by atoms with Crippen LogP contribution in [0.4, 0.5) is 5.69 Å². The fourth-order valence-corrected chi connectivity index (χ4v) is 2.92. The Labute approximate surface area is 158 Å². The van der Waals surface area contributed by atoms with E-state index in [4.69, 9.17) is 0 Å². The van der Waals surface area contributed by atoms with E-state index in [1.807, 2.05) is 54.6 Å². The smallest absolute Gasteiger partial charge is 0.266 e. The lowest BCUT2D eigenvalue weighted by Crippen LogP contribution is -2.23. The summed E-state index contributed by atoms with van der Waals surface area (Å²) < 4.78 is 1.43. The highest BCUT2D eigenvalue weighted by Crippen LogP contribution is 2.16. The molecular weight excluding hydrogens is 338 g/mol. The number of nitrogens with one attached hydrogen (secondary N) is 1. The number of carbonyl (C=O) groups is 1. The van der Waals surface area contributed by atoms with Crippen LogP contribution in [0.25, 0.3) is 11.3 Å². The first-order valence-electron chi connectivity index (χ1n) is 9.18. The topological polar surface area (TPSA) is 64.0 Å². The molecule has 5 heteroatoms. The van der Waals surface area contributed by atoms with Gasteiger partial charge in [-0.3, -0.25) is 9.59 Å². The number of aryl methyl sites for hydroxylation is 2. The molecule has 27 heavy (non-hydrogen) atoms. The Hall–Kier alpha value is -3.21. The van der Waals surface area contributed by atoms with Crippen molar-refractivity contribution in [2.24, 2.45) is 0 Å². The zero-order valence-electron chi connectivity index (χ0n) is 15.4. The Balaban J connectivity index is 1.60. The van der Waals surface area contributed by atoms with Crippen LogP contribution in [0.5, 0.6) is 0 Å². The van der Waals surface area contributed by atoms with Crippen LogP contribution >= 0.6 is 0 Å². The molecular formula is C22H23N3O2. The van der Waals surface area contributed by atoms with Crippen LogP contribution in [0.2, 0.25) is 0 Å². The first kappa shape index (κ1) is 18.6. The molecule has 5 nitrogen and oxygen atoms in total. The first-order chi connectivity index (χ1) is 13.2. The van der Waals surface area contributed by atoms with Gasteiger partial charge in [-0.2, -0.15) is 5.10 Å². The number of hydrogen-bond acceptors (Lipinski definition) is 3. The summed E-state index contributed by atoms with van der Waals surface area (Å²) in [6, 6.07) is 20.8. The van der Waals surface area contributed by atoms with Gasteiger partial charge in [0.05, 0.1) is 5.69 Å². The zero-order chi connectivity index (χ0) is 19.1. The molecule has 0 aliphatic carbocycles. The lowest BCUT2D eigenvalue weighted by Gasteiger charge is -2.10. The number of carbonyl (C=O) groups excluding carboxylic acids is 1. The van der Waals surface area contributed by atoms with Crippen LogP contribution in [0.3, 0.4) is 0 Å². The van der Waals surface area contributed by atoms with Gasteiger partial charge < -0.3 is 5.32 Å². The summed E-state index contributed by atoms with van der Waals surface area (Å²) in [6.45, 7) is 2.46. The molecule has 3 rings (SSSR count). The van der Waals surface area contributed by atoms with Crippen molar-refractivity contribution in [1.29, 1.82) is 0 Å². The Kier molecular flexibility index (Phi) is 6.15. The van der Waals surface area contributed by atoms with Gasteiger partial charge in [-0.1, -0.05) is 55.5 Å². The quantitative estimate of drug-likeness (QED) is 0.694. The standard InChI is InChI=1S/C22H23N3O2/c1-2-17-9-6-7-12-19(17)23-21(26)13-8-16-25-22(27)15-14-20(24-25)18-10-4-3-5-11-18/h3-7,9-12,14-15H,2,8,13,16H2,1H3,(H,23,26). The Morgan fingerprint density at radius 3 is 2.52 bits per heavy atom. The second kappa shape index (κ2) is 8.94. The largest absolute Gasteiger partial charge is 0.326 e. The molecule has 0 saturated heterocycles. The third kappa shape index (κ3) is 4.91. The van der Waals surface area contributed by atoms with Gasteiger partial charge in [-0.15, -0.1) is 0 Å². The van der Waals surface area contributed by atoms with Crippen molar-refractivity contribution >= 4 is 11.6 Å². The third-order valence-electron chi connectivity index (χ3n) is 4.38. The van der Waals surface area contributed by atoms with Crippen molar-refractivity contribution in [3.8, 4) is 11.3 Å². The average molecular weight is 361 g/mol. The van der Waals surface area contributed by atoms with Crippen molar-refractivity contribution < 1.29 is 4.79 Å². The molecule has 138 valence electrons. The second-order valence-corrected chi connectivity index (χ2v) is 6.31. The predicted molar refractivity (Wildman–Crippen MR) is 108 cm³/mol. The van der Waals surface area contributed by atoms with Crippen LogP contribution in [0, 0.1) is 0 Å². The molecule has 0 saturated carbocycles. The number of nitrogens with zero attached hydrogens (tertiary/aromatic N) is 2. The average Bonchev–Trinajstić information content (AvgIpc) is 2.70. The maximum Gasteiger partial charge on any atom is 0.266 e. The van der Waals surface area contributed by atoms with Crippen molar-refractivity contribution in [2.75, 3.05) is 5.32 Å². The van der Waals surface area contributed by atoms with E-state index in [2.05, 4.69) is 17.3 Å². The molecule has 3 aromatic rings. The van der Waals surface area contributed by atoms with E-state index in [0.29, 0.717) is 19.4 Å². The molecule has 0 unspecified atom stereocenters. The number of rotatable bonds is 7. The fraction of sp³-hybridized carbons (Fsp3) is 0.227. The van der Waals surface area contributed by atoms with E-state index in [1.165, 1.54) is 10.7 Å². The summed E-state index contributed by atoms with van der Waals surface area (Å²) in [5.74, 6) is -0.0526. The normalized spacial score (nSPS) is 10.6. The highest BCUT2D eigenvalue weighted by atomic mass is 16.1. The van der Waals surface area contributed by atoms with Gasteiger partial charge in [0.25, 0.3) is 5.56 Å². The summed E-state index contributed by atoms with van der Waals surface area (Å²) >= 11 is 0. The van der Waals surface area contributed by atoms with Crippen molar-refractivity contribution in [3.63, 3.8) is 0 Å². The molecule has 0 radical (unpaired) electrons. The lowest BCUT2D eigenvalue weighted by molar-refractivity contribution is -0.116. The van der Waals surface area contributed by atoms with E-state index in [9.17, 15) is 9.59 Å². The molecule has 1 heterocycles. The molecule has 0 aliphatic rings. The molecule has 0 atom stereocenters. The van der Waals surface area contributed by atoms with Crippen LogP contribution in [0.1, 0.15) is 25.3 Å². The monoisotopic (exact) mass is 361 g/mol. The molecule has 0 spiro atoms. The third-order valence-corrected chi connectivity index (χ3v) is 4.38. The van der Waals surface area contributed by atoms with Gasteiger partial charge in [0, 0.05) is 30.3 Å². The van der Waals surface area contributed by atoms with Crippen molar-refractivity contribution in [3.05, 3.63) is 82.6 Å². The Morgan fingerprint density at radius 1 is 1.00 bits per heavy atom. The number of para-hydroxylation sites is 1. The minimum Gasteiger partial charge on any atom is -0.326 e. The second-order valence-electron chi connectivity index (χ2n) is 6.31. The summed E-state index contributed by atoms with van der Waals surface area (Å²) in [5.41, 5.74) is 3.51. The molecule has 1 N–H and O–H groups in total. The van der Waals surface area contributed by atoms with Crippen LogP contribution in [0.15, 0.2) is 71.5 Å². The number of benzene rings is 2. The minimum atomic E-state index is -0.161. The molecule has 0 fully saturated rings. The fourth-order valence-electron chi connectivity index (χ4n) is 2.92. The number of hydrogen-bond donors (Lipinski definition) is 1. The van der Waals surface area contributed by atoms with Gasteiger partial charge in [0.1, 0.15) is 0 Å². The van der Waals surface area contributed by atoms with Crippen LogP contribution in [-0.4, -0.2) is 15.7 Å². The van der Waals surface area contributed by atoms with E-state index >= 15 is 0 Å². The maximum absolute atomic E-state index is 12.2. The maximum atomic E-state index is 12.2. The molecule has 0 bridgehead atoms. The molecule has 2 aromatic carbocycles. The Bertz CT molecular complexity index is 965. The van der Waals surface area contributed by atoms with E-state index in [0.717, 1.165) is 28.9 Å². The number of aromatic nitrogens is 2. The first-order valence-corrected chi connectivity index (χ1v) is 9.18. The van der Waals surface area contributed by atoms with E-state index < -0.39 is 0 Å². The van der Waals surface area contributed by atoms with E-state index in [-0.39, 0.29) is 11.5 Å². The van der Waals surface area contributed by atoms with Crippen molar-refractivity contribution in [1.82, 2.24) is 9.78 Å². The summed E-state index contributed by atoms with van der Waals surface area (Å²) in [6.07, 6.45) is 1.75. The Morgan fingerprint density at radius 2 is 1.74 bits per heavy atom.